The zero-order valence-electron chi connectivity index (χ0n) is 12.7. The third kappa shape index (κ3) is 3.09. The molecule has 22 heavy (non-hydrogen) atoms. The van der Waals surface area contributed by atoms with Crippen LogP contribution >= 0.6 is 0 Å². The molecule has 2 unspecified atom stereocenters. The van der Waals surface area contributed by atoms with Crippen LogP contribution in [0.1, 0.15) is 31.2 Å². The molecule has 5 heteroatoms. The molecule has 1 amide bonds. The number of carbonyl (C=O) groups is 1. The van der Waals surface area contributed by atoms with Crippen LogP contribution in [0.2, 0.25) is 0 Å². The Morgan fingerprint density at radius 2 is 1.73 bits per heavy atom. The normalized spacial score (nSPS) is 28.2. The predicted octanol–water partition coefficient (Wildman–Crippen LogP) is 2.27. The van der Waals surface area contributed by atoms with E-state index in [0.717, 1.165) is 18.4 Å². The van der Waals surface area contributed by atoms with E-state index in [1.54, 1.807) is 6.08 Å². The van der Waals surface area contributed by atoms with Crippen molar-refractivity contribution in [2.24, 2.45) is 0 Å². The molecule has 2 bridgehead atoms. The summed E-state index contributed by atoms with van der Waals surface area (Å²) >= 11 is 0. The van der Waals surface area contributed by atoms with E-state index in [1.807, 2.05) is 41.3 Å². The molecule has 2 aliphatic heterocycles. The quantitative estimate of drug-likeness (QED) is 0.803. The number of carbonyl (C=O) groups excluding carboxylic acids is 1. The van der Waals surface area contributed by atoms with Gasteiger partial charge >= 0.3 is 0 Å². The number of piperidine rings is 1. The molecule has 0 aromatic heterocycles. The molecule has 2 fully saturated rings. The number of nitrogens with zero attached hydrogens (tertiary/aromatic N) is 1. The van der Waals surface area contributed by atoms with Crippen LogP contribution in [0.4, 0.5) is 0 Å². The van der Waals surface area contributed by atoms with Crippen molar-refractivity contribution in [1.29, 1.82) is 0 Å². The number of amides is 1. The third-order valence-corrected chi connectivity index (χ3v) is 6.36. The molecule has 0 radical (unpaired) electrons. The van der Waals surface area contributed by atoms with Crippen molar-refractivity contribution in [2.75, 3.05) is 6.26 Å². The van der Waals surface area contributed by atoms with Crippen LogP contribution in [0.3, 0.4) is 0 Å². The average molecular weight is 319 g/mol. The van der Waals surface area contributed by atoms with Crippen molar-refractivity contribution in [1.82, 2.24) is 4.90 Å². The fourth-order valence-electron chi connectivity index (χ4n) is 3.65. The van der Waals surface area contributed by atoms with Gasteiger partial charge in [0.15, 0.2) is 0 Å². The van der Waals surface area contributed by atoms with E-state index in [1.165, 1.54) is 6.26 Å². The van der Waals surface area contributed by atoms with Crippen LogP contribution in [0, 0.1) is 0 Å². The zero-order chi connectivity index (χ0) is 15.7. The smallest absolute Gasteiger partial charge is 0.247 e. The molecular weight excluding hydrogens is 298 g/mol. The predicted molar refractivity (Wildman–Crippen MR) is 87.0 cm³/mol. The molecule has 3 rings (SSSR count). The molecule has 4 nitrogen and oxygen atoms in total. The fraction of sp³-hybridized carbons (Fsp3) is 0.471. The third-order valence-electron chi connectivity index (χ3n) is 4.77. The molecule has 0 N–H and O–H groups in total. The van der Waals surface area contributed by atoms with E-state index in [-0.39, 0.29) is 23.2 Å². The van der Waals surface area contributed by atoms with E-state index in [0.29, 0.717) is 12.8 Å². The molecule has 2 aliphatic rings. The largest absolute Gasteiger partial charge is 0.333 e. The van der Waals surface area contributed by atoms with E-state index < -0.39 is 9.84 Å². The molecule has 0 spiro atoms. The molecule has 2 atom stereocenters. The van der Waals surface area contributed by atoms with Crippen LogP contribution in [-0.2, 0) is 14.6 Å². The number of benzene rings is 1. The second-order valence-electron chi connectivity index (χ2n) is 6.30. The van der Waals surface area contributed by atoms with Crippen LogP contribution < -0.4 is 0 Å². The minimum Gasteiger partial charge on any atom is -0.333 e. The lowest BCUT2D eigenvalue weighted by Gasteiger charge is -2.37. The highest BCUT2D eigenvalue weighted by Gasteiger charge is 2.45. The van der Waals surface area contributed by atoms with Crippen molar-refractivity contribution < 1.29 is 13.2 Å². The summed E-state index contributed by atoms with van der Waals surface area (Å²) in [5.41, 5.74) is 0.995. The monoisotopic (exact) mass is 319 g/mol. The highest BCUT2D eigenvalue weighted by molar-refractivity contribution is 7.91. The van der Waals surface area contributed by atoms with Gasteiger partial charge in [-0.05, 0) is 37.3 Å². The Morgan fingerprint density at radius 3 is 2.27 bits per heavy atom. The number of rotatable bonds is 3. The Bertz CT molecular complexity index is 667. The summed E-state index contributed by atoms with van der Waals surface area (Å²) in [6.07, 6.45) is 7.75. The number of hydrogen-bond acceptors (Lipinski definition) is 3. The summed E-state index contributed by atoms with van der Waals surface area (Å²) in [7, 11) is -3.01. The molecule has 2 saturated heterocycles. The molecule has 1 aromatic rings. The maximum Gasteiger partial charge on any atom is 0.247 e. The van der Waals surface area contributed by atoms with E-state index in [9.17, 15) is 13.2 Å². The van der Waals surface area contributed by atoms with Crippen LogP contribution in [0.25, 0.3) is 6.08 Å². The van der Waals surface area contributed by atoms with E-state index in [2.05, 4.69) is 0 Å². The minimum absolute atomic E-state index is 0.00306. The Balaban J connectivity index is 1.71. The summed E-state index contributed by atoms with van der Waals surface area (Å²) in [5, 5.41) is -0.285. The summed E-state index contributed by atoms with van der Waals surface area (Å²) in [5.74, 6) is 0.00306. The summed E-state index contributed by atoms with van der Waals surface area (Å²) < 4.78 is 23.6. The van der Waals surface area contributed by atoms with Gasteiger partial charge in [0.2, 0.25) is 5.91 Å². The van der Waals surface area contributed by atoms with Crippen LogP contribution in [0.15, 0.2) is 36.4 Å². The van der Waals surface area contributed by atoms with Gasteiger partial charge in [0.1, 0.15) is 9.84 Å². The van der Waals surface area contributed by atoms with Gasteiger partial charge in [0.25, 0.3) is 0 Å². The summed E-state index contributed by atoms with van der Waals surface area (Å²) in [6, 6.07) is 9.87. The lowest BCUT2D eigenvalue weighted by atomic mass is 10.0. The van der Waals surface area contributed by atoms with Crippen molar-refractivity contribution >= 4 is 21.8 Å². The van der Waals surface area contributed by atoms with E-state index in [4.69, 9.17) is 0 Å². The lowest BCUT2D eigenvalue weighted by molar-refractivity contribution is -0.130. The van der Waals surface area contributed by atoms with Gasteiger partial charge in [-0.2, -0.15) is 0 Å². The van der Waals surface area contributed by atoms with Gasteiger partial charge in [-0.1, -0.05) is 30.3 Å². The minimum atomic E-state index is -3.01. The zero-order valence-corrected chi connectivity index (χ0v) is 13.5. The molecule has 2 heterocycles. The molecule has 0 aliphatic carbocycles. The standard InChI is InChI=1S/C17H21NO3S/c1-22(20,21)16-11-14-8-9-15(12-16)18(14)17(19)10-7-13-5-3-2-4-6-13/h2-7,10,14-16H,8-9,11-12H2,1H3. The number of sulfone groups is 1. The van der Waals surface area contributed by atoms with Gasteiger partial charge in [-0.25, -0.2) is 8.42 Å². The molecule has 0 saturated carbocycles. The van der Waals surface area contributed by atoms with Crippen LogP contribution in [-0.4, -0.2) is 42.8 Å². The molecule has 118 valence electrons. The van der Waals surface area contributed by atoms with Crippen LogP contribution in [0.5, 0.6) is 0 Å². The summed E-state index contributed by atoms with van der Waals surface area (Å²) in [4.78, 5) is 14.4. The first-order valence-corrected chi connectivity index (χ1v) is 9.65. The van der Waals surface area contributed by atoms with Gasteiger partial charge in [-0.3, -0.25) is 4.79 Å². The second kappa shape index (κ2) is 5.88. The summed E-state index contributed by atoms with van der Waals surface area (Å²) in [6.45, 7) is 0. The first-order chi connectivity index (χ1) is 10.4. The highest BCUT2D eigenvalue weighted by Crippen LogP contribution is 2.38. The topological polar surface area (TPSA) is 54.5 Å². The highest BCUT2D eigenvalue weighted by atomic mass is 32.2. The first-order valence-electron chi connectivity index (χ1n) is 7.69. The SMILES string of the molecule is CS(=O)(=O)C1CC2CCC(C1)N2C(=O)C=Cc1ccccc1. The fourth-order valence-corrected chi connectivity index (χ4v) is 4.80. The number of fused-ring (bicyclic) bond motifs is 2. The van der Waals surface area contributed by atoms with E-state index >= 15 is 0 Å². The average Bonchev–Trinajstić information content (AvgIpc) is 2.74. The Labute approximate surface area is 131 Å². The van der Waals surface area contributed by atoms with Gasteiger partial charge < -0.3 is 4.90 Å². The van der Waals surface area contributed by atoms with Crippen molar-refractivity contribution in [3.8, 4) is 0 Å². The van der Waals surface area contributed by atoms with Gasteiger partial charge in [0.05, 0.1) is 5.25 Å². The maximum atomic E-state index is 12.5. The molecular formula is C17H21NO3S. The van der Waals surface area contributed by atoms with Crippen molar-refractivity contribution in [3.63, 3.8) is 0 Å². The molecule has 1 aromatic carbocycles. The maximum absolute atomic E-state index is 12.5. The number of hydrogen-bond donors (Lipinski definition) is 0. The lowest BCUT2D eigenvalue weighted by Crippen LogP contribution is -2.49. The Kier molecular flexibility index (Phi) is 4.08. The second-order valence-corrected chi connectivity index (χ2v) is 8.62. The van der Waals surface area contributed by atoms with Crippen molar-refractivity contribution in [2.45, 2.75) is 43.0 Å². The van der Waals surface area contributed by atoms with Gasteiger partial charge in [-0.15, -0.1) is 0 Å². The Morgan fingerprint density at radius 1 is 1.14 bits per heavy atom. The Hall–Kier alpha value is -1.62. The first kappa shape index (κ1) is 15.3. The van der Waals surface area contributed by atoms with Gasteiger partial charge in [0, 0.05) is 24.4 Å². The van der Waals surface area contributed by atoms with Crippen molar-refractivity contribution in [3.05, 3.63) is 42.0 Å².